The maximum absolute atomic E-state index is 11.8. The summed E-state index contributed by atoms with van der Waals surface area (Å²) in [5.74, 6) is -0.971. The van der Waals surface area contributed by atoms with Gasteiger partial charge in [-0.15, -0.1) is 0 Å². The molecular formula is C15H17NO6. The van der Waals surface area contributed by atoms with Crippen molar-refractivity contribution in [3.8, 4) is 0 Å². The average molecular weight is 307 g/mol. The van der Waals surface area contributed by atoms with E-state index in [1.165, 1.54) is 4.90 Å². The lowest BCUT2D eigenvalue weighted by Crippen LogP contribution is -2.49. The highest BCUT2D eigenvalue weighted by molar-refractivity contribution is 5.83. The molecule has 2 saturated heterocycles. The maximum Gasteiger partial charge on any atom is 0.338 e. The van der Waals surface area contributed by atoms with Gasteiger partial charge in [-0.2, -0.15) is 0 Å². The van der Waals surface area contributed by atoms with Crippen molar-refractivity contribution < 1.29 is 29.3 Å². The first-order valence-electron chi connectivity index (χ1n) is 7.08. The summed E-state index contributed by atoms with van der Waals surface area (Å²) in [6.45, 7) is 0.190. The summed E-state index contributed by atoms with van der Waals surface area (Å²) < 4.78 is 10.4. The molecule has 1 aromatic rings. The quantitative estimate of drug-likeness (QED) is 0.557. The molecule has 22 heavy (non-hydrogen) atoms. The van der Waals surface area contributed by atoms with Gasteiger partial charge in [0.2, 0.25) is 5.91 Å². The van der Waals surface area contributed by atoms with E-state index in [4.69, 9.17) is 9.47 Å². The molecule has 1 amide bonds. The average Bonchev–Trinajstić information content (AvgIpc) is 2.89. The number of amides is 1. The SMILES string of the molecule is O=C(OCc1ccccc1)[C@@H](O)[C@H](O)[C@H]1CN2C(=O)C[C@@H]2O1. The molecule has 4 atom stereocenters. The van der Waals surface area contributed by atoms with E-state index in [2.05, 4.69) is 0 Å². The number of ether oxygens (including phenoxy) is 2. The zero-order chi connectivity index (χ0) is 15.7. The summed E-state index contributed by atoms with van der Waals surface area (Å²) in [5, 5.41) is 19.9. The molecule has 1 aromatic carbocycles. The van der Waals surface area contributed by atoms with Crippen molar-refractivity contribution in [1.82, 2.24) is 4.90 Å². The summed E-state index contributed by atoms with van der Waals surface area (Å²) in [6.07, 6.45) is -3.99. The third-order valence-corrected chi connectivity index (χ3v) is 3.90. The van der Waals surface area contributed by atoms with Crippen LogP contribution in [-0.2, 0) is 25.7 Å². The van der Waals surface area contributed by atoms with E-state index in [0.717, 1.165) is 5.56 Å². The first-order chi connectivity index (χ1) is 10.6. The van der Waals surface area contributed by atoms with Gasteiger partial charge < -0.3 is 24.6 Å². The zero-order valence-electron chi connectivity index (χ0n) is 11.8. The van der Waals surface area contributed by atoms with Crippen molar-refractivity contribution >= 4 is 11.9 Å². The van der Waals surface area contributed by atoms with E-state index in [1.54, 1.807) is 12.1 Å². The molecule has 7 nitrogen and oxygen atoms in total. The van der Waals surface area contributed by atoms with E-state index in [9.17, 15) is 19.8 Å². The van der Waals surface area contributed by atoms with Crippen molar-refractivity contribution in [2.75, 3.05) is 6.54 Å². The highest BCUT2D eigenvalue weighted by atomic mass is 16.6. The lowest BCUT2D eigenvalue weighted by atomic mass is 10.1. The van der Waals surface area contributed by atoms with Crippen LogP contribution in [0.4, 0.5) is 0 Å². The Balaban J connectivity index is 1.51. The first kappa shape index (κ1) is 15.0. The van der Waals surface area contributed by atoms with Crippen molar-refractivity contribution in [3.05, 3.63) is 35.9 Å². The number of esters is 1. The largest absolute Gasteiger partial charge is 0.459 e. The molecule has 0 saturated carbocycles. The van der Waals surface area contributed by atoms with Crippen molar-refractivity contribution in [3.63, 3.8) is 0 Å². The van der Waals surface area contributed by atoms with Crippen LogP contribution in [0.2, 0.25) is 0 Å². The van der Waals surface area contributed by atoms with Crippen LogP contribution in [0.1, 0.15) is 12.0 Å². The van der Waals surface area contributed by atoms with Gasteiger partial charge in [0, 0.05) is 0 Å². The topological polar surface area (TPSA) is 96.3 Å². The fraction of sp³-hybridized carbons (Fsp3) is 0.467. The van der Waals surface area contributed by atoms with Crippen LogP contribution in [0.15, 0.2) is 30.3 Å². The van der Waals surface area contributed by atoms with Crippen LogP contribution in [0, 0.1) is 0 Å². The van der Waals surface area contributed by atoms with Gasteiger partial charge in [-0.3, -0.25) is 4.79 Å². The van der Waals surface area contributed by atoms with Gasteiger partial charge >= 0.3 is 5.97 Å². The molecular weight excluding hydrogens is 290 g/mol. The number of rotatable bonds is 5. The molecule has 0 bridgehead atoms. The Morgan fingerprint density at radius 1 is 1.36 bits per heavy atom. The standard InChI is InChI=1S/C15H17NO6/c17-11-6-12-16(11)7-10(22-12)13(18)14(19)15(20)21-8-9-4-2-1-3-5-9/h1-5,10,12-14,18-19H,6-8H2/t10-,12+,13-,14+/m1/s1. The van der Waals surface area contributed by atoms with E-state index >= 15 is 0 Å². The Bertz CT molecular complexity index is 562. The van der Waals surface area contributed by atoms with Gasteiger partial charge in [0.05, 0.1) is 13.0 Å². The second-order valence-electron chi connectivity index (χ2n) is 5.41. The Kier molecular flexibility index (Phi) is 4.10. The van der Waals surface area contributed by atoms with Crippen LogP contribution < -0.4 is 0 Å². The Hall–Kier alpha value is -1.96. The molecule has 2 heterocycles. The number of aliphatic hydroxyl groups is 2. The molecule has 2 aliphatic heterocycles. The summed E-state index contributed by atoms with van der Waals surface area (Å²) in [5.41, 5.74) is 0.782. The van der Waals surface area contributed by atoms with Crippen molar-refractivity contribution in [2.45, 2.75) is 37.6 Å². The molecule has 0 radical (unpaired) electrons. The molecule has 0 aliphatic carbocycles. The van der Waals surface area contributed by atoms with Gasteiger partial charge in [0.15, 0.2) is 6.10 Å². The van der Waals surface area contributed by atoms with Crippen LogP contribution in [0.5, 0.6) is 0 Å². The van der Waals surface area contributed by atoms with E-state index < -0.39 is 24.3 Å². The minimum absolute atomic E-state index is 0.0161. The van der Waals surface area contributed by atoms with Crippen LogP contribution in [0.25, 0.3) is 0 Å². The zero-order valence-corrected chi connectivity index (χ0v) is 11.8. The van der Waals surface area contributed by atoms with Gasteiger partial charge in [-0.05, 0) is 5.56 Å². The van der Waals surface area contributed by atoms with Crippen LogP contribution >= 0.6 is 0 Å². The second-order valence-corrected chi connectivity index (χ2v) is 5.41. The van der Waals surface area contributed by atoms with Crippen LogP contribution in [0.3, 0.4) is 0 Å². The van der Waals surface area contributed by atoms with Crippen molar-refractivity contribution in [1.29, 1.82) is 0 Å². The van der Waals surface area contributed by atoms with E-state index in [1.807, 2.05) is 18.2 Å². The third-order valence-electron chi connectivity index (χ3n) is 3.90. The highest BCUT2D eigenvalue weighted by Crippen LogP contribution is 2.30. The number of fused-ring (bicyclic) bond motifs is 1. The summed E-state index contributed by atoms with van der Waals surface area (Å²) in [4.78, 5) is 24.5. The molecule has 7 heteroatoms. The van der Waals surface area contributed by atoms with Gasteiger partial charge in [0.1, 0.15) is 25.0 Å². The summed E-state index contributed by atoms with van der Waals surface area (Å²) >= 11 is 0. The lowest BCUT2D eigenvalue weighted by molar-refractivity contribution is -0.171. The molecule has 2 N–H and O–H groups in total. The number of carbonyl (C=O) groups excluding carboxylic acids is 2. The normalized spacial score (nSPS) is 26.1. The number of β-lactam (4-membered cyclic amide) rings is 1. The molecule has 3 rings (SSSR count). The Labute approximate surface area is 127 Å². The number of benzene rings is 1. The Morgan fingerprint density at radius 2 is 2.09 bits per heavy atom. The van der Waals surface area contributed by atoms with Crippen molar-refractivity contribution in [2.24, 2.45) is 0 Å². The first-order valence-corrected chi connectivity index (χ1v) is 7.08. The number of carbonyl (C=O) groups is 2. The minimum Gasteiger partial charge on any atom is -0.459 e. The number of hydrogen-bond acceptors (Lipinski definition) is 6. The van der Waals surface area contributed by atoms with Gasteiger partial charge in [-0.25, -0.2) is 4.79 Å². The van der Waals surface area contributed by atoms with Gasteiger partial charge in [-0.1, -0.05) is 30.3 Å². The fourth-order valence-corrected chi connectivity index (χ4v) is 2.55. The Morgan fingerprint density at radius 3 is 2.73 bits per heavy atom. The van der Waals surface area contributed by atoms with E-state index in [0.29, 0.717) is 0 Å². The monoisotopic (exact) mass is 307 g/mol. The third kappa shape index (κ3) is 2.83. The molecule has 0 spiro atoms. The number of aliphatic hydroxyl groups excluding tert-OH is 2. The second kappa shape index (κ2) is 6.04. The number of hydrogen-bond donors (Lipinski definition) is 2. The maximum atomic E-state index is 11.8. The minimum atomic E-state index is -1.71. The highest BCUT2D eigenvalue weighted by Gasteiger charge is 2.49. The molecule has 118 valence electrons. The molecule has 0 unspecified atom stereocenters. The lowest BCUT2D eigenvalue weighted by Gasteiger charge is -2.31. The predicted molar refractivity (Wildman–Crippen MR) is 73.2 cm³/mol. The summed E-state index contributed by atoms with van der Waals surface area (Å²) in [7, 11) is 0. The van der Waals surface area contributed by atoms with Crippen LogP contribution in [-0.4, -0.2) is 58.1 Å². The molecule has 2 aliphatic rings. The van der Waals surface area contributed by atoms with E-state index in [-0.39, 0.29) is 31.7 Å². The molecule has 0 aromatic heterocycles. The van der Waals surface area contributed by atoms with Gasteiger partial charge in [0.25, 0.3) is 0 Å². The summed E-state index contributed by atoms with van der Waals surface area (Å²) in [6, 6.07) is 9.02. The smallest absolute Gasteiger partial charge is 0.338 e. The molecule has 2 fully saturated rings. The predicted octanol–water partition coefficient (Wildman–Crippen LogP) is -0.591. The fourth-order valence-electron chi connectivity index (χ4n) is 2.55. The number of nitrogens with zero attached hydrogens (tertiary/aromatic N) is 1.